The Bertz CT molecular complexity index is 884. The highest BCUT2D eigenvalue weighted by Gasteiger charge is 2.69. The van der Waals surface area contributed by atoms with Gasteiger partial charge in [0.25, 0.3) is 5.56 Å². The first-order valence-electron chi connectivity index (χ1n) is 6.80. The van der Waals surface area contributed by atoms with Gasteiger partial charge < -0.3 is 19.4 Å². The number of carbonyl (C=O) groups is 2. The van der Waals surface area contributed by atoms with Crippen LogP contribution in [0.4, 0.5) is 0 Å². The van der Waals surface area contributed by atoms with Gasteiger partial charge in [0.05, 0.1) is 18.7 Å². The number of carbonyl (C=O) groups excluding carboxylic acids is 1. The first-order valence-corrected chi connectivity index (χ1v) is 8.34. The second-order valence-corrected chi connectivity index (χ2v) is 8.13. The molecule has 0 aliphatic carbocycles. The molecule has 11 nitrogen and oxygen atoms in total. The minimum absolute atomic E-state index is 0.130. The van der Waals surface area contributed by atoms with Gasteiger partial charge in [-0.1, -0.05) is 5.16 Å². The Morgan fingerprint density at radius 1 is 1.62 bits per heavy atom. The molecule has 0 spiro atoms. The van der Waals surface area contributed by atoms with Gasteiger partial charge in [0.2, 0.25) is 5.91 Å². The van der Waals surface area contributed by atoms with E-state index < -0.39 is 43.4 Å². The molecule has 2 aliphatic rings. The zero-order chi connectivity index (χ0) is 17.7. The van der Waals surface area contributed by atoms with Crippen LogP contribution in [-0.2, 0) is 30.9 Å². The first-order chi connectivity index (χ1) is 11.2. The fourth-order valence-electron chi connectivity index (χ4n) is 2.84. The van der Waals surface area contributed by atoms with Crippen LogP contribution >= 0.6 is 0 Å². The second kappa shape index (κ2) is 5.19. The number of fused-ring (bicyclic) bond motifs is 1. The van der Waals surface area contributed by atoms with Crippen LogP contribution in [0.2, 0.25) is 0 Å². The number of oxime groups is 1. The van der Waals surface area contributed by atoms with E-state index >= 15 is 0 Å². The summed E-state index contributed by atoms with van der Waals surface area (Å²) in [6.45, 7) is 0.922. The molecule has 12 heteroatoms. The number of aliphatic carboxylic acids is 1. The van der Waals surface area contributed by atoms with Gasteiger partial charge in [0, 0.05) is 0 Å². The Kier molecular flexibility index (Phi) is 3.51. The summed E-state index contributed by atoms with van der Waals surface area (Å²) < 4.78 is 27.9. The number of H-pyrrole nitrogens is 1. The van der Waals surface area contributed by atoms with Gasteiger partial charge in [0.15, 0.2) is 28.2 Å². The predicted octanol–water partition coefficient (Wildman–Crippen LogP) is -1.33. The van der Waals surface area contributed by atoms with Crippen molar-refractivity contribution >= 4 is 27.9 Å². The third kappa shape index (κ3) is 2.13. The average Bonchev–Trinajstić information content (AvgIpc) is 2.95. The lowest BCUT2D eigenvalue weighted by Crippen LogP contribution is -2.57. The summed E-state index contributed by atoms with van der Waals surface area (Å²) in [4.78, 5) is 39.6. The maximum atomic E-state index is 12.5. The van der Waals surface area contributed by atoms with Gasteiger partial charge in [-0.25, -0.2) is 13.2 Å². The highest BCUT2D eigenvalue weighted by molar-refractivity contribution is 7.94. The number of β-lactam (4-membered cyclic amide) rings is 1. The van der Waals surface area contributed by atoms with Gasteiger partial charge in [-0.15, -0.1) is 0 Å². The van der Waals surface area contributed by atoms with Crippen molar-refractivity contribution in [3.05, 3.63) is 22.2 Å². The van der Waals surface area contributed by atoms with E-state index in [4.69, 9.17) is 9.36 Å². The van der Waals surface area contributed by atoms with E-state index in [-0.39, 0.29) is 18.8 Å². The van der Waals surface area contributed by atoms with Crippen LogP contribution in [-0.4, -0.2) is 57.8 Å². The quantitative estimate of drug-likeness (QED) is 0.371. The monoisotopic (exact) mass is 359 g/mol. The van der Waals surface area contributed by atoms with Gasteiger partial charge in [-0.05, 0) is 6.92 Å². The van der Waals surface area contributed by atoms with Crippen LogP contribution in [0.1, 0.15) is 19.1 Å². The molecule has 3 heterocycles. The Labute approximate surface area is 134 Å². The molecule has 2 fully saturated rings. The van der Waals surface area contributed by atoms with E-state index in [0.717, 1.165) is 17.2 Å². The van der Waals surface area contributed by atoms with E-state index in [1.54, 1.807) is 0 Å². The third-order valence-corrected chi connectivity index (χ3v) is 6.80. The number of nitrogens with zero attached hydrogens (tertiary/aromatic N) is 2. The number of rotatable bonds is 5. The number of aromatic amines is 1. The van der Waals surface area contributed by atoms with Crippen molar-refractivity contribution in [1.29, 1.82) is 0 Å². The molecule has 0 bridgehead atoms. The van der Waals surface area contributed by atoms with Crippen molar-refractivity contribution in [1.82, 2.24) is 10.1 Å². The van der Waals surface area contributed by atoms with Crippen LogP contribution < -0.4 is 5.56 Å². The third-order valence-electron chi connectivity index (χ3n) is 4.14. The molecule has 0 unspecified atom stereocenters. The molecule has 1 aromatic heterocycles. The smallest absolute Gasteiger partial charge is 0.328 e. The summed E-state index contributed by atoms with van der Waals surface area (Å²) in [7, 11) is -3.98. The zero-order valence-electron chi connectivity index (χ0n) is 12.3. The Hall–Kier alpha value is -2.63. The summed E-state index contributed by atoms with van der Waals surface area (Å²) in [5.41, 5.74) is -0.475. The van der Waals surface area contributed by atoms with Crippen molar-refractivity contribution in [3.63, 3.8) is 0 Å². The normalized spacial score (nSPS) is 31.0. The molecule has 3 atom stereocenters. The Morgan fingerprint density at radius 2 is 2.33 bits per heavy atom. The van der Waals surface area contributed by atoms with Crippen molar-refractivity contribution < 1.29 is 32.5 Å². The zero-order valence-corrected chi connectivity index (χ0v) is 13.1. The summed E-state index contributed by atoms with van der Waals surface area (Å²) in [6.07, 6.45) is 0.613. The molecule has 1 aromatic rings. The molecule has 24 heavy (non-hydrogen) atoms. The fraction of sp³-hybridized carbons (Fsp3) is 0.500. The maximum Gasteiger partial charge on any atom is 0.328 e. The SMILES string of the molecule is C[C@]1(/C=N/OCc2cc(=O)[nH]o2)[C@H](C(=O)O)N2C(=O)C[C@H]2S1(=O)=O. The van der Waals surface area contributed by atoms with Crippen LogP contribution in [0.25, 0.3) is 0 Å². The Morgan fingerprint density at radius 3 is 2.88 bits per heavy atom. The molecule has 0 aromatic carbocycles. The van der Waals surface area contributed by atoms with Crippen molar-refractivity contribution in [3.8, 4) is 0 Å². The lowest BCUT2D eigenvalue weighted by molar-refractivity contribution is -0.156. The van der Waals surface area contributed by atoms with E-state index in [1.807, 2.05) is 5.16 Å². The second-order valence-electron chi connectivity index (χ2n) is 5.62. The van der Waals surface area contributed by atoms with Crippen LogP contribution in [0.15, 0.2) is 20.5 Å². The highest BCUT2D eigenvalue weighted by atomic mass is 32.2. The summed E-state index contributed by atoms with van der Waals surface area (Å²) >= 11 is 0. The number of amides is 1. The van der Waals surface area contributed by atoms with Gasteiger partial charge in [-0.2, -0.15) is 5.16 Å². The molecule has 0 radical (unpaired) electrons. The number of nitrogens with one attached hydrogen (secondary N) is 1. The fourth-order valence-corrected chi connectivity index (χ4v) is 5.04. The number of aromatic nitrogens is 1. The van der Waals surface area contributed by atoms with Crippen molar-refractivity contribution in [2.24, 2.45) is 5.16 Å². The summed E-state index contributed by atoms with van der Waals surface area (Å²) in [6, 6.07) is -0.458. The Balaban J connectivity index is 1.83. The predicted molar refractivity (Wildman–Crippen MR) is 76.6 cm³/mol. The molecule has 1 amide bonds. The topological polar surface area (TPSA) is 159 Å². The van der Waals surface area contributed by atoms with Crippen molar-refractivity contribution in [2.75, 3.05) is 0 Å². The van der Waals surface area contributed by atoms with Crippen molar-refractivity contribution in [2.45, 2.75) is 36.1 Å². The number of hydrogen-bond donors (Lipinski definition) is 2. The van der Waals surface area contributed by atoms with Gasteiger partial charge >= 0.3 is 5.97 Å². The van der Waals surface area contributed by atoms with Gasteiger partial charge in [-0.3, -0.25) is 9.59 Å². The first kappa shape index (κ1) is 16.2. The number of sulfone groups is 1. The lowest BCUT2D eigenvalue weighted by atomic mass is 9.98. The molecule has 2 saturated heterocycles. The minimum Gasteiger partial charge on any atom is -0.480 e. The standard InChI is InChI=1S/C12H13N3O8S/c1-12(5-13-22-4-6-2-7(16)14-23-6)10(11(18)19)15-8(17)3-9(15)24(12,20)21/h2,5,9-10H,3-4H2,1H3,(H,14,16)(H,18,19)/b13-5+/t9-,10+,12+/m1/s1. The number of carboxylic acid groups (broad SMARTS) is 1. The van der Waals surface area contributed by atoms with Crippen LogP contribution in [0.3, 0.4) is 0 Å². The minimum atomic E-state index is -3.98. The van der Waals surface area contributed by atoms with Crippen LogP contribution in [0, 0.1) is 0 Å². The number of hydrogen-bond acceptors (Lipinski definition) is 8. The van der Waals surface area contributed by atoms with E-state index in [0.29, 0.717) is 0 Å². The largest absolute Gasteiger partial charge is 0.480 e. The molecule has 3 rings (SSSR count). The van der Waals surface area contributed by atoms with E-state index in [1.165, 1.54) is 6.92 Å². The number of carboxylic acids is 1. The van der Waals surface area contributed by atoms with E-state index in [9.17, 15) is 27.9 Å². The molecular formula is C12H13N3O8S. The molecule has 0 saturated carbocycles. The molecule has 130 valence electrons. The van der Waals surface area contributed by atoms with Crippen LogP contribution in [0.5, 0.6) is 0 Å². The lowest BCUT2D eigenvalue weighted by Gasteiger charge is -2.35. The average molecular weight is 359 g/mol. The molecule has 2 aliphatic heterocycles. The van der Waals surface area contributed by atoms with Gasteiger partial charge in [0.1, 0.15) is 10.1 Å². The highest BCUT2D eigenvalue weighted by Crippen LogP contribution is 2.45. The maximum absolute atomic E-state index is 12.5. The summed E-state index contributed by atoms with van der Waals surface area (Å²) in [5, 5.41) is 13.7. The van der Waals surface area contributed by atoms with E-state index in [2.05, 4.69) is 5.16 Å². The summed E-state index contributed by atoms with van der Waals surface area (Å²) in [5.74, 6) is -1.85. The molecular weight excluding hydrogens is 346 g/mol. The molecule has 2 N–H and O–H groups in total.